The molecule has 0 fully saturated rings. The third kappa shape index (κ3) is 2.78. The second-order valence-corrected chi connectivity index (χ2v) is 5.99. The third-order valence-electron chi connectivity index (χ3n) is 2.48. The molecule has 0 aliphatic rings. The number of anilines is 1. The van der Waals surface area contributed by atoms with Gasteiger partial charge in [0.15, 0.2) is 0 Å². The maximum absolute atomic E-state index is 11.7. The fraction of sp³-hybridized carbons (Fsp3) is 0.545. The van der Waals surface area contributed by atoms with E-state index in [0.717, 1.165) is 22.5 Å². The van der Waals surface area contributed by atoms with Gasteiger partial charge in [0.25, 0.3) is 0 Å². The van der Waals surface area contributed by atoms with Gasteiger partial charge in [0, 0.05) is 27.9 Å². The van der Waals surface area contributed by atoms with E-state index in [0.29, 0.717) is 5.75 Å². The zero-order valence-corrected chi connectivity index (χ0v) is 10.5. The van der Waals surface area contributed by atoms with Crippen LogP contribution >= 0.6 is 0 Å². The third-order valence-corrected chi connectivity index (χ3v) is 4.09. The first-order valence-electron chi connectivity index (χ1n) is 5.01. The summed E-state index contributed by atoms with van der Waals surface area (Å²) in [6.07, 6.45) is 1.75. The van der Waals surface area contributed by atoms with Gasteiger partial charge in [0.1, 0.15) is 0 Å². The van der Waals surface area contributed by atoms with Crippen LogP contribution in [0.3, 0.4) is 0 Å². The Bertz CT molecular complexity index is 388. The van der Waals surface area contributed by atoms with Crippen LogP contribution in [-0.2, 0) is 16.6 Å². The van der Waals surface area contributed by atoms with Gasteiger partial charge in [-0.3, -0.25) is 9.19 Å². The van der Waals surface area contributed by atoms with Crippen LogP contribution in [0.4, 0.5) is 5.69 Å². The molecule has 1 atom stereocenters. The number of nitrogens with two attached hydrogens (primary N) is 1. The number of aromatic nitrogens is 1. The van der Waals surface area contributed by atoms with E-state index in [9.17, 15) is 4.21 Å². The average Bonchev–Trinajstić information content (AvgIpc) is 2.18. The molecule has 0 saturated carbocycles. The van der Waals surface area contributed by atoms with Crippen molar-refractivity contribution in [1.82, 2.24) is 4.98 Å². The summed E-state index contributed by atoms with van der Waals surface area (Å²) in [7, 11) is -0.866. The van der Waals surface area contributed by atoms with Gasteiger partial charge in [0.2, 0.25) is 0 Å². The summed E-state index contributed by atoms with van der Waals surface area (Å²) in [6.45, 7) is 7.76. The van der Waals surface area contributed by atoms with Gasteiger partial charge in [-0.25, -0.2) is 0 Å². The number of nitrogen functional groups attached to an aromatic ring is 1. The van der Waals surface area contributed by atoms with E-state index in [2.05, 4.69) is 4.98 Å². The van der Waals surface area contributed by atoms with Crippen LogP contribution in [0, 0.1) is 13.8 Å². The minimum Gasteiger partial charge on any atom is -0.398 e. The van der Waals surface area contributed by atoms with E-state index in [1.807, 2.05) is 27.7 Å². The lowest BCUT2D eigenvalue weighted by molar-refractivity contribution is 0.675. The summed E-state index contributed by atoms with van der Waals surface area (Å²) < 4.78 is 11.7. The number of pyridine rings is 1. The number of nitrogens with zero attached hydrogens (tertiary/aromatic N) is 1. The van der Waals surface area contributed by atoms with Crippen molar-refractivity contribution in [3.8, 4) is 0 Å². The smallest absolute Gasteiger partial charge is 0.0664 e. The molecule has 1 aromatic rings. The van der Waals surface area contributed by atoms with Gasteiger partial charge in [-0.15, -0.1) is 0 Å². The minimum absolute atomic E-state index is 0.161. The Hall–Kier alpha value is -0.900. The van der Waals surface area contributed by atoms with Crippen molar-refractivity contribution in [3.63, 3.8) is 0 Å². The maximum Gasteiger partial charge on any atom is 0.0664 e. The molecule has 3 nitrogen and oxygen atoms in total. The van der Waals surface area contributed by atoms with E-state index in [1.54, 1.807) is 6.20 Å². The first-order chi connectivity index (χ1) is 6.93. The number of hydrogen-bond acceptors (Lipinski definition) is 3. The van der Waals surface area contributed by atoms with E-state index in [1.165, 1.54) is 0 Å². The molecule has 1 rings (SSSR count). The van der Waals surface area contributed by atoms with Crippen molar-refractivity contribution in [1.29, 1.82) is 0 Å². The van der Waals surface area contributed by atoms with Crippen molar-refractivity contribution < 1.29 is 4.21 Å². The second kappa shape index (κ2) is 4.75. The molecule has 0 spiro atoms. The first-order valence-corrected chi connectivity index (χ1v) is 6.39. The Morgan fingerprint density at radius 3 is 2.60 bits per heavy atom. The van der Waals surface area contributed by atoms with Crippen LogP contribution in [0.1, 0.15) is 30.7 Å². The van der Waals surface area contributed by atoms with Crippen LogP contribution < -0.4 is 5.73 Å². The molecule has 0 aromatic carbocycles. The van der Waals surface area contributed by atoms with E-state index >= 15 is 0 Å². The Labute approximate surface area is 93.6 Å². The molecular formula is C11H18N2OS. The molecule has 1 heterocycles. The molecule has 0 bridgehead atoms. The van der Waals surface area contributed by atoms with E-state index in [4.69, 9.17) is 5.73 Å². The lowest BCUT2D eigenvalue weighted by Crippen LogP contribution is -2.11. The molecule has 84 valence electrons. The molecule has 0 saturated heterocycles. The van der Waals surface area contributed by atoms with Gasteiger partial charge in [-0.1, -0.05) is 13.8 Å². The first kappa shape index (κ1) is 12.2. The molecule has 0 amide bonds. The highest BCUT2D eigenvalue weighted by Gasteiger charge is 2.11. The molecule has 1 unspecified atom stereocenters. The topological polar surface area (TPSA) is 56.0 Å². The summed E-state index contributed by atoms with van der Waals surface area (Å²) in [5.74, 6) is 0.494. The number of rotatable bonds is 3. The summed E-state index contributed by atoms with van der Waals surface area (Å²) in [6, 6.07) is 0. The normalized spacial score (nSPS) is 13.1. The molecule has 0 aliphatic carbocycles. The maximum atomic E-state index is 11.7. The molecule has 1 aromatic heterocycles. The largest absolute Gasteiger partial charge is 0.398 e. The molecule has 0 radical (unpaired) electrons. The van der Waals surface area contributed by atoms with Crippen LogP contribution in [0.2, 0.25) is 0 Å². The predicted octanol–water partition coefficient (Wildman–Crippen LogP) is 1.94. The molecular weight excluding hydrogens is 208 g/mol. The van der Waals surface area contributed by atoms with E-state index in [-0.39, 0.29) is 5.25 Å². The second-order valence-electron chi connectivity index (χ2n) is 4.00. The fourth-order valence-electron chi connectivity index (χ4n) is 1.24. The summed E-state index contributed by atoms with van der Waals surface area (Å²) in [4.78, 5) is 4.29. The summed E-state index contributed by atoms with van der Waals surface area (Å²) >= 11 is 0. The predicted molar refractivity (Wildman–Crippen MR) is 65.1 cm³/mol. The fourth-order valence-corrected chi connectivity index (χ4v) is 2.13. The SMILES string of the molecule is Cc1cnc(CS(=O)C(C)C)c(C)c1N. The Kier molecular flexibility index (Phi) is 3.85. The lowest BCUT2D eigenvalue weighted by Gasteiger charge is -2.10. The Morgan fingerprint density at radius 1 is 1.47 bits per heavy atom. The molecule has 2 N–H and O–H groups in total. The Balaban J connectivity index is 2.97. The monoisotopic (exact) mass is 226 g/mol. The van der Waals surface area contributed by atoms with Crippen LogP contribution in [-0.4, -0.2) is 14.4 Å². The highest BCUT2D eigenvalue weighted by Crippen LogP contribution is 2.19. The van der Waals surface area contributed by atoms with E-state index < -0.39 is 10.8 Å². The van der Waals surface area contributed by atoms with Gasteiger partial charge >= 0.3 is 0 Å². The zero-order chi connectivity index (χ0) is 11.6. The number of hydrogen-bond donors (Lipinski definition) is 1. The van der Waals surface area contributed by atoms with Gasteiger partial charge < -0.3 is 5.73 Å². The molecule has 0 aliphatic heterocycles. The van der Waals surface area contributed by atoms with Crippen LogP contribution in [0.5, 0.6) is 0 Å². The molecule has 4 heteroatoms. The van der Waals surface area contributed by atoms with Crippen molar-refractivity contribution in [2.45, 2.75) is 38.7 Å². The molecule has 15 heavy (non-hydrogen) atoms. The highest BCUT2D eigenvalue weighted by molar-refractivity contribution is 7.84. The summed E-state index contributed by atoms with van der Waals surface area (Å²) in [5, 5.41) is 0.161. The summed E-state index contributed by atoms with van der Waals surface area (Å²) in [5.41, 5.74) is 9.45. The van der Waals surface area contributed by atoms with Crippen molar-refractivity contribution in [2.24, 2.45) is 0 Å². The van der Waals surface area contributed by atoms with Crippen molar-refractivity contribution >= 4 is 16.5 Å². The van der Waals surface area contributed by atoms with Crippen LogP contribution in [0.15, 0.2) is 6.20 Å². The van der Waals surface area contributed by atoms with Crippen LogP contribution in [0.25, 0.3) is 0 Å². The zero-order valence-electron chi connectivity index (χ0n) is 9.70. The lowest BCUT2D eigenvalue weighted by atomic mass is 10.1. The number of aryl methyl sites for hydroxylation is 1. The highest BCUT2D eigenvalue weighted by atomic mass is 32.2. The standard InChI is InChI=1S/C11H18N2OS/c1-7(2)15(14)6-10-9(4)11(12)8(3)5-13-10/h5,7H,6H2,1-4H3,(H2,12,13). The van der Waals surface area contributed by atoms with Crippen molar-refractivity contribution in [3.05, 3.63) is 23.0 Å². The Morgan fingerprint density at radius 2 is 2.07 bits per heavy atom. The quantitative estimate of drug-likeness (QED) is 0.857. The van der Waals surface area contributed by atoms with Gasteiger partial charge in [-0.05, 0) is 25.0 Å². The van der Waals surface area contributed by atoms with Gasteiger partial charge in [0.05, 0.1) is 11.4 Å². The average molecular weight is 226 g/mol. The minimum atomic E-state index is -0.866. The van der Waals surface area contributed by atoms with Crippen molar-refractivity contribution in [2.75, 3.05) is 5.73 Å². The van der Waals surface area contributed by atoms with Gasteiger partial charge in [-0.2, -0.15) is 0 Å².